The first kappa shape index (κ1) is 17.1. The van der Waals surface area contributed by atoms with Gasteiger partial charge in [0, 0.05) is 16.3 Å². The van der Waals surface area contributed by atoms with Gasteiger partial charge in [-0.3, -0.25) is 0 Å². The van der Waals surface area contributed by atoms with Crippen LogP contribution in [0, 0.1) is 35.5 Å². The maximum Gasteiger partial charge on any atom is 0.203 e. The van der Waals surface area contributed by atoms with Gasteiger partial charge in [-0.25, -0.2) is 0 Å². The summed E-state index contributed by atoms with van der Waals surface area (Å²) in [4.78, 5) is 0.424. The molecular formula is C22H19BrNO3. The Kier molecular flexibility index (Phi) is 4.34. The molecule has 1 saturated heterocycles. The lowest BCUT2D eigenvalue weighted by Crippen LogP contribution is -2.27. The van der Waals surface area contributed by atoms with Crippen LogP contribution in [-0.2, 0) is 4.74 Å². The molecule has 2 aromatic carbocycles. The van der Waals surface area contributed by atoms with Gasteiger partial charge in [0.15, 0.2) is 11.5 Å². The van der Waals surface area contributed by atoms with Crippen LogP contribution in [0.3, 0.4) is 0 Å². The first-order valence-electron chi connectivity index (χ1n) is 9.29. The Morgan fingerprint density at radius 2 is 1.89 bits per heavy atom. The molecule has 2 aliphatic carbocycles. The Morgan fingerprint density at radius 1 is 1.07 bits per heavy atom. The van der Waals surface area contributed by atoms with Crippen molar-refractivity contribution in [3.05, 3.63) is 60.5 Å². The molecule has 2 aromatic rings. The van der Waals surface area contributed by atoms with Gasteiger partial charge < -0.3 is 14.2 Å². The largest absolute Gasteiger partial charge is 0.460 e. The SMILES string of the molecule is N#C[CH]c1cccc(Oc2ccccc2)c1O[C@@H]1OC2C3CC(CC31)[C@@H]2Br. The molecule has 0 spiro atoms. The third-order valence-electron chi connectivity index (χ3n) is 5.96. The van der Waals surface area contributed by atoms with Crippen LogP contribution in [0.1, 0.15) is 18.4 Å². The number of rotatable bonds is 5. The van der Waals surface area contributed by atoms with Crippen LogP contribution in [0.4, 0.5) is 0 Å². The third-order valence-corrected chi connectivity index (χ3v) is 7.23. The summed E-state index contributed by atoms with van der Waals surface area (Å²) >= 11 is 3.81. The number of para-hydroxylation sites is 2. The molecule has 27 heavy (non-hydrogen) atoms. The number of benzene rings is 2. The van der Waals surface area contributed by atoms with E-state index in [1.807, 2.05) is 48.5 Å². The number of fused-ring (bicyclic) bond motifs is 1. The molecule has 0 N–H and O–H groups in total. The maximum atomic E-state index is 9.18. The lowest BCUT2D eigenvalue weighted by molar-refractivity contribution is -0.0824. The summed E-state index contributed by atoms with van der Waals surface area (Å²) in [6.45, 7) is 0. The predicted molar refractivity (Wildman–Crippen MR) is 104 cm³/mol. The summed E-state index contributed by atoms with van der Waals surface area (Å²) < 4.78 is 18.7. The zero-order valence-electron chi connectivity index (χ0n) is 14.6. The monoisotopic (exact) mass is 424 g/mol. The molecule has 6 atom stereocenters. The van der Waals surface area contributed by atoms with E-state index >= 15 is 0 Å². The van der Waals surface area contributed by atoms with Crippen molar-refractivity contribution in [2.24, 2.45) is 17.8 Å². The first-order chi connectivity index (χ1) is 13.2. The molecule has 2 bridgehead atoms. The van der Waals surface area contributed by atoms with Gasteiger partial charge in [0.25, 0.3) is 0 Å². The lowest BCUT2D eigenvalue weighted by atomic mass is 9.89. The minimum atomic E-state index is -0.293. The van der Waals surface area contributed by atoms with Crippen molar-refractivity contribution in [3.8, 4) is 23.3 Å². The highest BCUT2D eigenvalue weighted by atomic mass is 79.9. The third kappa shape index (κ3) is 2.92. The van der Waals surface area contributed by atoms with Crippen LogP contribution >= 0.6 is 15.9 Å². The number of nitrogens with zero attached hydrogens (tertiary/aromatic N) is 1. The van der Waals surface area contributed by atoms with E-state index in [9.17, 15) is 5.26 Å². The molecule has 3 aliphatic rings. The molecule has 4 unspecified atom stereocenters. The van der Waals surface area contributed by atoms with Gasteiger partial charge >= 0.3 is 0 Å². The second-order valence-electron chi connectivity index (χ2n) is 7.45. The fourth-order valence-corrected chi connectivity index (χ4v) is 5.75. The minimum absolute atomic E-state index is 0.226. The summed E-state index contributed by atoms with van der Waals surface area (Å²) in [6.07, 6.45) is 3.76. The molecule has 2 saturated carbocycles. The number of halogens is 1. The summed E-state index contributed by atoms with van der Waals surface area (Å²) in [5.41, 5.74) is 0.707. The highest BCUT2D eigenvalue weighted by Crippen LogP contribution is 2.59. The van der Waals surface area contributed by atoms with Crippen molar-refractivity contribution >= 4 is 15.9 Å². The number of nitriles is 1. The van der Waals surface area contributed by atoms with E-state index in [2.05, 4.69) is 22.0 Å². The fraction of sp³-hybridized carbons (Fsp3) is 0.364. The van der Waals surface area contributed by atoms with E-state index in [0.29, 0.717) is 39.6 Å². The van der Waals surface area contributed by atoms with Crippen LogP contribution in [0.15, 0.2) is 48.5 Å². The predicted octanol–water partition coefficient (Wildman–Crippen LogP) is 5.08. The quantitative estimate of drug-likeness (QED) is 0.628. The summed E-state index contributed by atoms with van der Waals surface area (Å²) in [6, 6.07) is 17.3. The fourth-order valence-electron chi connectivity index (χ4n) is 4.80. The van der Waals surface area contributed by atoms with Crippen LogP contribution in [0.2, 0.25) is 0 Å². The van der Waals surface area contributed by atoms with E-state index < -0.39 is 0 Å². The molecule has 137 valence electrons. The molecule has 3 fully saturated rings. The van der Waals surface area contributed by atoms with E-state index in [-0.39, 0.29) is 12.4 Å². The molecule has 1 radical (unpaired) electrons. The molecule has 5 rings (SSSR count). The average Bonchev–Trinajstić information content (AvgIpc) is 3.30. The maximum absolute atomic E-state index is 9.18. The van der Waals surface area contributed by atoms with Crippen LogP contribution in [0.5, 0.6) is 17.2 Å². The van der Waals surface area contributed by atoms with Crippen molar-refractivity contribution in [2.45, 2.75) is 30.1 Å². The summed E-state index contributed by atoms with van der Waals surface area (Å²) in [5.74, 6) is 3.55. The summed E-state index contributed by atoms with van der Waals surface area (Å²) in [7, 11) is 0. The smallest absolute Gasteiger partial charge is 0.203 e. The Labute approximate surface area is 167 Å². The summed E-state index contributed by atoms with van der Waals surface area (Å²) in [5, 5.41) is 9.18. The van der Waals surface area contributed by atoms with Gasteiger partial charge in [0.2, 0.25) is 6.29 Å². The van der Waals surface area contributed by atoms with Gasteiger partial charge in [-0.15, -0.1) is 0 Å². The van der Waals surface area contributed by atoms with E-state index in [1.165, 1.54) is 12.8 Å². The molecule has 0 amide bonds. The van der Waals surface area contributed by atoms with Crippen LogP contribution < -0.4 is 9.47 Å². The Balaban J connectivity index is 1.45. The highest BCUT2D eigenvalue weighted by Gasteiger charge is 2.61. The Bertz CT molecular complexity index is 881. The molecule has 0 aromatic heterocycles. The van der Waals surface area contributed by atoms with Crippen molar-refractivity contribution in [1.29, 1.82) is 5.26 Å². The second kappa shape index (κ2) is 6.85. The second-order valence-corrected chi connectivity index (χ2v) is 8.51. The minimum Gasteiger partial charge on any atom is -0.460 e. The molecule has 1 heterocycles. The first-order valence-corrected chi connectivity index (χ1v) is 10.2. The zero-order chi connectivity index (χ0) is 18.4. The number of alkyl halides is 1. The molecular weight excluding hydrogens is 406 g/mol. The van der Waals surface area contributed by atoms with Crippen molar-refractivity contribution in [1.82, 2.24) is 0 Å². The highest BCUT2D eigenvalue weighted by molar-refractivity contribution is 9.09. The zero-order valence-corrected chi connectivity index (χ0v) is 16.2. The van der Waals surface area contributed by atoms with Gasteiger partial charge in [0.1, 0.15) is 5.75 Å². The standard InChI is InChI=1S/C22H19BrNO3/c23-19-14-11-16-17(12-14)22(27-21(16)19)26-20-13(9-10-24)5-4-8-18(20)25-15-6-2-1-3-7-15/h1-9,14,16-17,19,21-22H,11-12H2/t14?,16?,17?,19-,21?,22+/m0/s1. The lowest BCUT2D eigenvalue weighted by Gasteiger charge is -2.22. The number of hydrogen-bond donors (Lipinski definition) is 0. The number of hydrogen-bond acceptors (Lipinski definition) is 4. The van der Waals surface area contributed by atoms with Crippen molar-refractivity contribution in [3.63, 3.8) is 0 Å². The molecule has 4 nitrogen and oxygen atoms in total. The number of ether oxygens (including phenoxy) is 3. The van der Waals surface area contributed by atoms with Crippen LogP contribution in [-0.4, -0.2) is 17.2 Å². The van der Waals surface area contributed by atoms with Gasteiger partial charge in [-0.05, 0) is 42.9 Å². The molecule has 5 heteroatoms. The topological polar surface area (TPSA) is 51.5 Å². The molecule has 1 aliphatic heterocycles. The average molecular weight is 425 g/mol. The Hall–Kier alpha value is -2.03. The Morgan fingerprint density at radius 3 is 2.63 bits per heavy atom. The van der Waals surface area contributed by atoms with E-state index in [4.69, 9.17) is 14.2 Å². The van der Waals surface area contributed by atoms with Crippen molar-refractivity contribution in [2.75, 3.05) is 0 Å². The van der Waals surface area contributed by atoms with Crippen LogP contribution in [0.25, 0.3) is 0 Å². The van der Waals surface area contributed by atoms with Gasteiger partial charge in [-0.2, -0.15) is 5.26 Å². The van der Waals surface area contributed by atoms with Crippen molar-refractivity contribution < 1.29 is 14.2 Å². The van der Waals surface area contributed by atoms with Gasteiger partial charge in [0.05, 0.1) is 18.6 Å². The van der Waals surface area contributed by atoms with E-state index in [0.717, 1.165) is 12.2 Å². The normalized spacial score (nSPS) is 33.0. The van der Waals surface area contributed by atoms with Gasteiger partial charge in [-0.1, -0.05) is 46.3 Å². The van der Waals surface area contributed by atoms with E-state index in [1.54, 1.807) is 0 Å².